The van der Waals surface area contributed by atoms with Crippen molar-refractivity contribution in [1.82, 2.24) is 4.90 Å². The van der Waals surface area contributed by atoms with Gasteiger partial charge in [0, 0.05) is 31.2 Å². The molecular formula is C20H28FN3O. The standard InChI is InChI=1S/C20H28FN3O/c1-23(2)17-9-11-24(12-10-17)19-8-7-16(14-18(19)21)22-20(25)13-15-5-3-4-6-15/h3,5,7-8,14-15,17H,4,6,9-13H2,1-2H3,(H,22,25)/t15-/m0/s1. The second-order valence-corrected chi connectivity index (χ2v) is 7.37. The molecule has 1 N–H and O–H groups in total. The summed E-state index contributed by atoms with van der Waals surface area (Å²) in [7, 11) is 4.19. The third-order valence-corrected chi connectivity index (χ3v) is 5.33. The fourth-order valence-corrected chi connectivity index (χ4v) is 3.78. The van der Waals surface area contributed by atoms with Gasteiger partial charge in [-0.2, -0.15) is 0 Å². The van der Waals surface area contributed by atoms with Crippen LogP contribution in [0.1, 0.15) is 32.1 Å². The molecule has 1 aliphatic heterocycles. The minimum atomic E-state index is -0.262. The van der Waals surface area contributed by atoms with Crippen LogP contribution in [-0.2, 0) is 4.79 Å². The number of benzene rings is 1. The number of halogens is 1. The van der Waals surface area contributed by atoms with Crippen molar-refractivity contribution in [2.45, 2.75) is 38.1 Å². The third kappa shape index (κ3) is 4.60. The van der Waals surface area contributed by atoms with Crippen molar-refractivity contribution in [2.24, 2.45) is 5.92 Å². The SMILES string of the molecule is CN(C)C1CCN(c2ccc(NC(=O)C[C@H]3C=CCC3)cc2F)CC1. The lowest BCUT2D eigenvalue weighted by atomic mass is 10.0. The van der Waals surface area contributed by atoms with Gasteiger partial charge in [0.15, 0.2) is 0 Å². The van der Waals surface area contributed by atoms with E-state index >= 15 is 0 Å². The first-order chi connectivity index (χ1) is 12.0. The lowest BCUT2D eigenvalue weighted by Gasteiger charge is -2.36. The number of nitrogens with one attached hydrogen (secondary N) is 1. The number of nitrogens with zero attached hydrogens (tertiary/aromatic N) is 2. The normalized spacial score (nSPS) is 21.1. The van der Waals surface area contributed by atoms with E-state index in [4.69, 9.17) is 0 Å². The summed E-state index contributed by atoms with van der Waals surface area (Å²) in [4.78, 5) is 16.4. The quantitative estimate of drug-likeness (QED) is 0.828. The van der Waals surface area contributed by atoms with Crippen molar-refractivity contribution in [3.8, 4) is 0 Å². The first kappa shape index (κ1) is 17.9. The highest BCUT2D eigenvalue weighted by molar-refractivity contribution is 5.91. The topological polar surface area (TPSA) is 35.6 Å². The molecule has 0 saturated carbocycles. The Morgan fingerprint density at radius 2 is 2.04 bits per heavy atom. The number of allylic oxidation sites excluding steroid dienone is 2. The van der Waals surface area contributed by atoms with Crippen LogP contribution in [0, 0.1) is 11.7 Å². The number of carbonyl (C=O) groups is 1. The van der Waals surface area contributed by atoms with Crippen LogP contribution in [-0.4, -0.2) is 44.0 Å². The minimum absolute atomic E-state index is 0.0458. The Labute approximate surface area is 149 Å². The molecule has 2 aliphatic rings. The van der Waals surface area contributed by atoms with Crippen LogP contribution < -0.4 is 10.2 Å². The van der Waals surface area contributed by atoms with Gasteiger partial charge in [0.25, 0.3) is 0 Å². The fourth-order valence-electron chi connectivity index (χ4n) is 3.78. The zero-order valence-corrected chi connectivity index (χ0v) is 15.2. The van der Waals surface area contributed by atoms with Gasteiger partial charge in [-0.3, -0.25) is 4.79 Å². The Morgan fingerprint density at radius 1 is 1.28 bits per heavy atom. The van der Waals surface area contributed by atoms with Crippen molar-refractivity contribution in [3.63, 3.8) is 0 Å². The smallest absolute Gasteiger partial charge is 0.224 e. The summed E-state index contributed by atoms with van der Waals surface area (Å²) in [5.74, 6) is 0.0134. The lowest BCUT2D eigenvalue weighted by molar-refractivity contribution is -0.116. The molecular weight excluding hydrogens is 317 g/mol. The molecule has 0 bridgehead atoms. The van der Waals surface area contributed by atoms with Crippen LogP contribution in [0.2, 0.25) is 0 Å². The van der Waals surface area contributed by atoms with Gasteiger partial charge in [-0.1, -0.05) is 12.2 Å². The van der Waals surface area contributed by atoms with Gasteiger partial charge < -0.3 is 15.1 Å². The Hall–Kier alpha value is -1.88. The van der Waals surface area contributed by atoms with Crippen molar-refractivity contribution < 1.29 is 9.18 Å². The predicted molar refractivity (Wildman–Crippen MR) is 100 cm³/mol. The molecule has 1 aromatic carbocycles. The molecule has 1 aliphatic carbocycles. The van der Waals surface area contributed by atoms with E-state index < -0.39 is 0 Å². The van der Waals surface area contributed by atoms with Gasteiger partial charge >= 0.3 is 0 Å². The number of piperidine rings is 1. The molecule has 3 rings (SSSR count). The van der Waals surface area contributed by atoms with E-state index in [9.17, 15) is 9.18 Å². The molecule has 136 valence electrons. The summed E-state index contributed by atoms with van der Waals surface area (Å²) >= 11 is 0. The van der Waals surface area contributed by atoms with Gasteiger partial charge in [-0.15, -0.1) is 0 Å². The van der Waals surface area contributed by atoms with Gasteiger partial charge in [-0.05, 0) is 63.9 Å². The molecule has 0 radical (unpaired) electrons. The average molecular weight is 345 g/mol. The molecule has 1 amide bonds. The van der Waals surface area contributed by atoms with E-state index in [2.05, 4.69) is 41.4 Å². The Bertz CT molecular complexity index is 636. The van der Waals surface area contributed by atoms with Crippen molar-refractivity contribution in [3.05, 3.63) is 36.2 Å². The summed E-state index contributed by atoms with van der Waals surface area (Å²) in [5.41, 5.74) is 1.17. The largest absolute Gasteiger partial charge is 0.369 e. The summed E-state index contributed by atoms with van der Waals surface area (Å²) in [6.45, 7) is 1.72. The van der Waals surface area contributed by atoms with E-state index in [0.717, 1.165) is 38.8 Å². The molecule has 1 heterocycles. The zero-order chi connectivity index (χ0) is 17.8. The van der Waals surface area contributed by atoms with Gasteiger partial charge in [0.05, 0.1) is 5.69 Å². The van der Waals surface area contributed by atoms with E-state index in [1.807, 2.05) is 0 Å². The molecule has 0 spiro atoms. The highest BCUT2D eigenvalue weighted by atomic mass is 19.1. The summed E-state index contributed by atoms with van der Waals surface area (Å²) in [6.07, 6.45) is 8.85. The van der Waals surface area contributed by atoms with Crippen LogP contribution in [0.4, 0.5) is 15.8 Å². The lowest BCUT2D eigenvalue weighted by Crippen LogP contribution is -2.42. The predicted octanol–water partition coefficient (Wildman–Crippen LogP) is 3.65. The molecule has 1 fully saturated rings. The van der Waals surface area contributed by atoms with Crippen LogP contribution in [0.3, 0.4) is 0 Å². The van der Waals surface area contributed by atoms with Gasteiger partial charge in [0.1, 0.15) is 5.82 Å². The molecule has 5 heteroatoms. The minimum Gasteiger partial charge on any atom is -0.369 e. The highest BCUT2D eigenvalue weighted by Gasteiger charge is 2.22. The van der Waals surface area contributed by atoms with E-state index in [1.165, 1.54) is 6.07 Å². The Kier molecular flexibility index (Phi) is 5.74. The van der Waals surface area contributed by atoms with E-state index in [1.54, 1.807) is 12.1 Å². The number of rotatable bonds is 5. The molecule has 1 aromatic rings. The molecule has 4 nitrogen and oxygen atoms in total. The first-order valence-electron chi connectivity index (χ1n) is 9.20. The highest BCUT2D eigenvalue weighted by Crippen LogP contribution is 2.27. The fraction of sp³-hybridized carbons (Fsp3) is 0.550. The van der Waals surface area contributed by atoms with Crippen LogP contribution >= 0.6 is 0 Å². The van der Waals surface area contributed by atoms with Gasteiger partial charge in [0.2, 0.25) is 5.91 Å². The maximum atomic E-state index is 14.5. The first-order valence-corrected chi connectivity index (χ1v) is 9.20. The molecule has 25 heavy (non-hydrogen) atoms. The number of carbonyl (C=O) groups excluding carboxylic acids is 1. The second-order valence-electron chi connectivity index (χ2n) is 7.37. The zero-order valence-electron chi connectivity index (χ0n) is 15.2. The monoisotopic (exact) mass is 345 g/mol. The molecule has 0 aromatic heterocycles. The summed E-state index contributed by atoms with van der Waals surface area (Å²) in [5, 5.41) is 2.82. The van der Waals surface area contributed by atoms with E-state index in [0.29, 0.717) is 29.8 Å². The van der Waals surface area contributed by atoms with Crippen LogP contribution in [0.5, 0.6) is 0 Å². The van der Waals surface area contributed by atoms with Crippen molar-refractivity contribution in [2.75, 3.05) is 37.4 Å². The van der Waals surface area contributed by atoms with Gasteiger partial charge in [-0.25, -0.2) is 4.39 Å². The maximum absolute atomic E-state index is 14.5. The summed E-state index contributed by atoms with van der Waals surface area (Å²) in [6, 6.07) is 5.60. The number of anilines is 2. The molecule has 1 atom stereocenters. The van der Waals surface area contributed by atoms with Crippen LogP contribution in [0.25, 0.3) is 0 Å². The summed E-state index contributed by atoms with van der Waals surface area (Å²) < 4.78 is 14.5. The number of hydrogen-bond acceptors (Lipinski definition) is 3. The van der Waals surface area contributed by atoms with Crippen LogP contribution in [0.15, 0.2) is 30.4 Å². The third-order valence-electron chi connectivity index (χ3n) is 5.33. The number of amides is 1. The van der Waals surface area contributed by atoms with Crippen molar-refractivity contribution in [1.29, 1.82) is 0 Å². The van der Waals surface area contributed by atoms with Crippen molar-refractivity contribution >= 4 is 17.3 Å². The maximum Gasteiger partial charge on any atom is 0.224 e. The Balaban J connectivity index is 1.57. The number of hydrogen-bond donors (Lipinski definition) is 1. The Morgan fingerprint density at radius 3 is 2.64 bits per heavy atom. The van der Waals surface area contributed by atoms with E-state index in [-0.39, 0.29) is 11.7 Å². The average Bonchev–Trinajstić information content (AvgIpc) is 3.08. The molecule has 0 unspecified atom stereocenters. The molecule has 1 saturated heterocycles. The second kappa shape index (κ2) is 8.00.